The molecular weight excluding hydrogens is 531 g/mol. The number of benzene rings is 6. The highest BCUT2D eigenvalue weighted by Crippen LogP contribution is 2.81. The van der Waals surface area contributed by atoms with Crippen molar-refractivity contribution in [2.24, 2.45) is 0 Å². The lowest BCUT2D eigenvalue weighted by atomic mass is 9.78. The van der Waals surface area contributed by atoms with Gasteiger partial charge in [0.1, 0.15) is 0 Å². The standard InChI is InChI=1S/C38H33BO2S/c1-37(2)38(3,4)41-39(40-37)28-23-24-32-31-19-9-10-20-35(31)42(36(32)25-28,33-21-11-15-26-13-5-7-17-29(26)33)34-22-12-16-27-14-6-8-18-30(27)34/h5-25H,1-4H3. The van der Waals surface area contributed by atoms with Crippen LogP contribution in [0.3, 0.4) is 0 Å². The fraction of sp³-hybridized carbons (Fsp3) is 0.158. The Morgan fingerprint density at radius 3 is 1.57 bits per heavy atom. The van der Waals surface area contributed by atoms with Gasteiger partial charge in [-0.1, -0.05) is 103 Å². The second-order valence-corrected chi connectivity index (χ2v) is 15.4. The fourth-order valence-corrected chi connectivity index (χ4v) is 11.4. The zero-order valence-corrected chi connectivity index (χ0v) is 25.2. The van der Waals surface area contributed by atoms with Crippen LogP contribution in [0.25, 0.3) is 32.7 Å². The van der Waals surface area contributed by atoms with Crippen LogP contribution < -0.4 is 5.46 Å². The van der Waals surface area contributed by atoms with Crippen molar-refractivity contribution in [3.63, 3.8) is 0 Å². The van der Waals surface area contributed by atoms with E-state index in [0.717, 1.165) is 5.46 Å². The van der Waals surface area contributed by atoms with Crippen LogP contribution in [0, 0.1) is 0 Å². The van der Waals surface area contributed by atoms with Crippen LogP contribution in [0.1, 0.15) is 27.7 Å². The summed E-state index contributed by atoms with van der Waals surface area (Å²) in [7, 11) is -2.34. The van der Waals surface area contributed by atoms with Crippen LogP contribution in [-0.4, -0.2) is 18.3 Å². The monoisotopic (exact) mass is 564 g/mol. The summed E-state index contributed by atoms with van der Waals surface area (Å²) >= 11 is 0. The first-order chi connectivity index (χ1) is 20.3. The van der Waals surface area contributed by atoms with Gasteiger partial charge < -0.3 is 9.31 Å². The van der Waals surface area contributed by atoms with Gasteiger partial charge in [0.05, 0.1) is 11.2 Å². The van der Waals surface area contributed by atoms with Crippen molar-refractivity contribution in [1.29, 1.82) is 0 Å². The van der Waals surface area contributed by atoms with Crippen molar-refractivity contribution < 1.29 is 9.31 Å². The van der Waals surface area contributed by atoms with E-state index >= 15 is 0 Å². The molecule has 2 aliphatic heterocycles. The average Bonchev–Trinajstić information content (AvgIpc) is 3.42. The van der Waals surface area contributed by atoms with Gasteiger partial charge in [-0.25, -0.2) is 0 Å². The molecule has 0 N–H and O–H groups in total. The second kappa shape index (κ2) is 9.09. The Bertz CT molecular complexity index is 1920. The molecule has 0 bridgehead atoms. The molecule has 6 aromatic rings. The summed E-state index contributed by atoms with van der Waals surface area (Å²) < 4.78 is 13.2. The first kappa shape index (κ1) is 25.9. The highest BCUT2D eigenvalue weighted by Gasteiger charge is 2.52. The molecule has 0 unspecified atom stereocenters. The summed E-state index contributed by atoms with van der Waals surface area (Å²) in [5.41, 5.74) is 2.85. The van der Waals surface area contributed by atoms with E-state index < -0.39 is 28.3 Å². The minimum absolute atomic E-state index is 0.408. The molecule has 206 valence electrons. The Morgan fingerprint density at radius 1 is 0.476 bits per heavy atom. The van der Waals surface area contributed by atoms with Crippen molar-refractivity contribution in [1.82, 2.24) is 0 Å². The minimum Gasteiger partial charge on any atom is -0.399 e. The van der Waals surface area contributed by atoms with Crippen molar-refractivity contribution in [3.8, 4) is 11.1 Å². The van der Waals surface area contributed by atoms with Gasteiger partial charge in [-0.15, -0.1) is 10.0 Å². The number of fused-ring (bicyclic) bond motifs is 5. The van der Waals surface area contributed by atoms with Crippen molar-refractivity contribution in [2.45, 2.75) is 58.5 Å². The lowest BCUT2D eigenvalue weighted by molar-refractivity contribution is 0.00578. The maximum atomic E-state index is 6.59. The van der Waals surface area contributed by atoms with Crippen LogP contribution in [-0.2, 0) is 9.31 Å². The predicted molar refractivity (Wildman–Crippen MR) is 176 cm³/mol. The van der Waals surface area contributed by atoms with E-state index in [1.165, 1.54) is 52.3 Å². The molecular formula is C38H33BO2S. The molecule has 42 heavy (non-hydrogen) atoms. The smallest absolute Gasteiger partial charge is 0.399 e. The maximum absolute atomic E-state index is 6.59. The predicted octanol–water partition coefficient (Wildman–Crippen LogP) is 9.61. The zero-order chi connectivity index (χ0) is 28.7. The van der Waals surface area contributed by atoms with E-state index in [9.17, 15) is 0 Å². The summed E-state index contributed by atoms with van der Waals surface area (Å²) in [4.78, 5) is 5.48. The largest absolute Gasteiger partial charge is 0.494 e. The SMILES string of the molecule is CC1(C)OB(c2ccc3c(c2)S(c2cccc4ccccc24)(c2cccc4ccccc24)c2ccccc2-3)OC1(C)C. The molecule has 2 aliphatic rings. The van der Waals surface area contributed by atoms with Crippen LogP contribution >= 0.6 is 10.0 Å². The molecule has 1 saturated heterocycles. The van der Waals surface area contributed by atoms with Gasteiger partial charge in [0.15, 0.2) is 0 Å². The quantitative estimate of drug-likeness (QED) is 0.199. The topological polar surface area (TPSA) is 18.5 Å². The lowest BCUT2D eigenvalue weighted by Crippen LogP contribution is -2.41. The first-order valence-corrected chi connectivity index (χ1v) is 16.3. The Labute approximate surface area is 249 Å². The summed E-state index contributed by atoms with van der Waals surface area (Å²) in [5, 5.41) is 5.11. The van der Waals surface area contributed by atoms with Gasteiger partial charge in [-0.2, -0.15) is 0 Å². The molecule has 0 amide bonds. The minimum atomic E-state index is -1.91. The summed E-state index contributed by atoms with van der Waals surface area (Å²) in [5.74, 6) is 0. The molecule has 0 spiro atoms. The molecule has 6 aromatic carbocycles. The van der Waals surface area contributed by atoms with Crippen molar-refractivity contribution in [3.05, 3.63) is 127 Å². The Hall–Kier alpha value is -3.83. The second-order valence-electron chi connectivity index (χ2n) is 12.4. The Balaban J connectivity index is 1.51. The number of rotatable bonds is 3. The molecule has 1 fully saturated rings. The van der Waals surface area contributed by atoms with E-state index in [2.05, 4.69) is 155 Å². The normalized spacial score (nSPS) is 18.6. The van der Waals surface area contributed by atoms with E-state index in [-0.39, 0.29) is 0 Å². The van der Waals surface area contributed by atoms with E-state index in [1.807, 2.05) is 0 Å². The first-order valence-electron chi connectivity index (χ1n) is 14.7. The molecule has 2 heterocycles. The van der Waals surface area contributed by atoms with Crippen molar-refractivity contribution >= 4 is 44.2 Å². The van der Waals surface area contributed by atoms with Crippen molar-refractivity contribution in [2.75, 3.05) is 0 Å². The van der Waals surface area contributed by atoms with E-state index in [1.54, 1.807) is 0 Å². The third-order valence-corrected chi connectivity index (χ3v) is 13.6. The van der Waals surface area contributed by atoms with Gasteiger partial charge in [-0.05, 0) is 90.1 Å². The van der Waals surface area contributed by atoms with E-state index in [4.69, 9.17) is 9.31 Å². The number of hydrogen-bond donors (Lipinski definition) is 0. The van der Waals surface area contributed by atoms with Crippen LogP contribution in [0.5, 0.6) is 0 Å². The molecule has 8 rings (SSSR count). The van der Waals surface area contributed by atoms with Crippen LogP contribution in [0.2, 0.25) is 0 Å². The summed E-state index contributed by atoms with van der Waals surface area (Å²) in [6, 6.07) is 47.3. The van der Waals surface area contributed by atoms with Gasteiger partial charge >= 0.3 is 7.12 Å². The van der Waals surface area contributed by atoms with Gasteiger partial charge in [0.2, 0.25) is 0 Å². The third-order valence-electron chi connectivity index (χ3n) is 9.53. The van der Waals surface area contributed by atoms with Gasteiger partial charge in [0.25, 0.3) is 0 Å². The Morgan fingerprint density at radius 2 is 0.952 bits per heavy atom. The molecule has 0 radical (unpaired) electrons. The van der Waals surface area contributed by atoms with E-state index in [0.29, 0.717) is 0 Å². The van der Waals surface area contributed by atoms with Crippen LogP contribution in [0.15, 0.2) is 147 Å². The molecule has 0 aromatic heterocycles. The molecule has 0 atom stereocenters. The maximum Gasteiger partial charge on any atom is 0.494 e. The summed E-state index contributed by atoms with van der Waals surface area (Å²) in [6.07, 6.45) is 0. The molecule has 0 aliphatic carbocycles. The highest BCUT2D eigenvalue weighted by molar-refractivity contribution is 8.34. The average molecular weight is 565 g/mol. The highest BCUT2D eigenvalue weighted by atomic mass is 32.3. The molecule has 2 nitrogen and oxygen atoms in total. The molecule has 0 saturated carbocycles. The third kappa shape index (κ3) is 3.49. The van der Waals surface area contributed by atoms with Gasteiger partial charge in [0, 0.05) is 19.6 Å². The fourth-order valence-electron chi connectivity index (χ4n) is 6.73. The Kier molecular flexibility index (Phi) is 5.59. The number of hydrogen-bond acceptors (Lipinski definition) is 2. The van der Waals surface area contributed by atoms with Gasteiger partial charge in [-0.3, -0.25) is 0 Å². The zero-order valence-electron chi connectivity index (χ0n) is 24.4. The molecule has 4 heteroatoms. The lowest BCUT2D eigenvalue weighted by Gasteiger charge is -2.41. The van der Waals surface area contributed by atoms with Crippen LogP contribution in [0.4, 0.5) is 0 Å². The summed E-state index contributed by atoms with van der Waals surface area (Å²) in [6.45, 7) is 8.49.